The molecule has 6 heteroatoms. The fourth-order valence-electron chi connectivity index (χ4n) is 4.11. The van der Waals surface area contributed by atoms with E-state index >= 15 is 0 Å². The molecule has 0 bridgehead atoms. The molecule has 0 amide bonds. The van der Waals surface area contributed by atoms with Crippen molar-refractivity contribution in [1.29, 1.82) is 0 Å². The first-order valence-corrected chi connectivity index (χ1v) is 12.7. The highest BCUT2D eigenvalue weighted by atomic mass is 16.6. The second-order valence-corrected chi connectivity index (χ2v) is 9.49. The number of ether oxygens (including phenoxy) is 3. The number of carbonyl (C=O) groups excluding carboxylic acids is 2. The molecule has 1 aliphatic carbocycles. The van der Waals surface area contributed by atoms with Gasteiger partial charge in [0.2, 0.25) is 0 Å². The van der Waals surface area contributed by atoms with E-state index in [0.717, 1.165) is 44.3 Å². The second kappa shape index (κ2) is 14.9. The predicted molar refractivity (Wildman–Crippen MR) is 133 cm³/mol. The van der Waals surface area contributed by atoms with Gasteiger partial charge in [0.15, 0.2) is 0 Å². The molecule has 0 heterocycles. The molecule has 1 saturated carbocycles. The lowest BCUT2D eigenvalue weighted by molar-refractivity contribution is -0.151. The van der Waals surface area contributed by atoms with Gasteiger partial charge >= 0.3 is 11.9 Å². The minimum Gasteiger partial charge on any atom is -0.465 e. The molecule has 0 aromatic heterocycles. The summed E-state index contributed by atoms with van der Waals surface area (Å²) in [6.45, 7) is 9.79. The molecule has 1 aliphatic rings. The second-order valence-electron chi connectivity index (χ2n) is 9.49. The van der Waals surface area contributed by atoms with Crippen LogP contribution in [0.2, 0.25) is 0 Å². The van der Waals surface area contributed by atoms with Crippen molar-refractivity contribution in [1.82, 2.24) is 0 Å². The van der Waals surface area contributed by atoms with Crippen LogP contribution in [0.5, 0.6) is 0 Å². The van der Waals surface area contributed by atoms with E-state index in [4.69, 9.17) is 19.3 Å². The molecule has 0 saturated heterocycles. The Hall–Kier alpha value is -2.18. The van der Waals surface area contributed by atoms with Crippen LogP contribution in [-0.2, 0) is 30.2 Å². The van der Waals surface area contributed by atoms with Crippen molar-refractivity contribution >= 4 is 11.9 Å². The molecular formula is C28H42O6. The normalized spacial score (nSPS) is 19.8. The highest BCUT2D eigenvalue weighted by Gasteiger charge is 2.23. The fraction of sp³-hybridized carbons (Fsp3) is 0.643. The first-order valence-electron chi connectivity index (χ1n) is 12.7. The summed E-state index contributed by atoms with van der Waals surface area (Å²) in [6.07, 6.45) is 7.71. The third kappa shape index (κ3) is 9.59. The Balaban J connectivity index is 1.89. The Labute approximate surface area is 204 Å². The average molecular weight is 475 g/mol. The Kier molecular flexibility index (Phi) is 12.3. The molecule has 0 aliphatic heterocycles. The maximum absolute atomic E-state index is 12.1. The molecule has 2 atom stereocenters. The summed E-state index contributed by atoms with van der Waals surface area (Å²) >= 11 is 0. The minimum absolute atomic E-state index is 0.124. The van der Waals surface area contributed by atoms with E-state index < -0.39 is 24.0 Å². The Morgan fingerprint density at radius 3 is 2.38 bits per heavy atom. The van der Waals surface area contributed by atoms with Crippen molar-refractivity contribution in [2.45, 2.75) is 90.3 Å². The third-order valence-corrected chi connectivity index (χ3v) is 6.42. The molecular weight excluding hydrogens is 432 g/mol. The number of benzene rings is 1. The first kappa shape index (κ1) is 28.1. The van der Waals surface area contributed by atoms with E-state index in [1.54, 1.807) is 13.8 Å². The van der Waals surface area contributed by atoms with E-state index in [0.29, 0.717) is 30.4 Å². The fourth-order valence-corrected chi connectivity index (χ4v) is 4.11. The number of aliphatic hydroxyl groups is 1. The van der Waals surface area contributed by atoms with Crippen molar-refractivity contribution in [2.24, 2.45) is 5.92 Å². The number of carbonyl (C=O) groups is 2. The molecule has 6 nitrogen and oxygen atoms in total. The molecule has 1 aromatic rings. The van der Waals surface area contributed by atoms with Gasteiger partial charge in [-0.25, -0.2) is 4.79 Å². The summed E-state index contributed by atoms with van der Waals surface area (Å²) in [4.78, 5) is 23.9. The molecule has 2 rings (SSSR count). The molecule has 0 spiro atoms. The van der Waals surface area contributed by atoms with Crippen molar-refractivity contribution in [3.05, 3.63) is 47.5 Å². The van der Waals surface area contributed by atoms with Crippen LogP contribution in [0, 0.1) is 5.92 Å². The third-order valence-electron chi connectivity index (χ3n) is 6.42. The molecule has 1 aromatic carbocycles. The zero-order valence-corrected chi connectivity index (χ0v) is 21.1. The van der Waals surface area contributed by atoms with Crippen LogP contribution in [-0.4, -0.2) is 49.1 Å². The smallest absolute Gasteiger partial charge is 0.333 e. The SMILES string of the molecule is C=C(C)C(=O)OC(CCOC(=O)C(C)CO)Cc1ccc(C2CCC(OCCCC)CC2)cc1. The van der Waals surface area contributed by atoms with Crippen molar-refractivity contribution in [3.8, 4) is 0 Å². The summed E-state index contributed by atoms with van der Waals surface area (Å²) in [5.41, 5.74) is 2.74. The topological polar surface area (TPSA) is 82.1 Å². The molecule has 190 valence electrons. The van der Waals surface area contributed by atoms with Gasteiger partial charge in [-0.05, 0) is 63.0 Å². The van der Waals surface area contributed by atoms with Gasteiger partial charge in [-0.1, -0.05) is 44.2 Å². The van der Waals surface area contributed by atoms with Crippen LogP contribution in [0.25, 0.3) is 0 Å². The van der Waals surface area contributed by atoms with Gasteiger partial charge in [-0.2, -0.15) is 0 Å². The Morgan fingerprint density at radius 1 is 1.12 bits per heavy atom. The maximum atomic E-state index is 12.1. The average Bonchev–Trinajstić information content (AvgIpc) is 2.84. The van der Waals surface area contributed by atoms with Crippen LogP contribution in [0.4, 0.5) is 0 Å². The monoisotopic (exact) mass is 474 g/mol. The van der Waals surface area contributed by atoms with Gasteiger partial charge in [0.05, 0.1) is 25.2 Å². The molecule has 1 fully saturated rings. The van der Waals surface area contributed by atoms with E-state index in [2.05, 4.69) is 37.8 Å². The van der Waals surface area contributed by atoms with Gasteiger partial charge in [0.25, 0.3) is 0 Å². The number of esters is 2. The van der Waals surface area contributed by atoms with E-state index in [1.165, 1.54) is 12.0 Å². The maximum Gasteiger partial charge on any atom is 0.333 e. The van der Waals surface area contributed by atoms with E-state index in [-0.39, 0.29) is 13.2 Å². The molecule has 2 unspecified atom stereocenters. The number of hydrogen-bond acceptors (Lipinski definition) is 6. The van der Waals surface area contributed by atoms with Crippen LogP contribution in [0.3, 0.4) is 0 Å². The van der Waals surface area contributed by atoms with Crippen molar-refractivity contribution in [2.75, 3.05) is 19.8 Å². The lowest BCUT2D eigenvalue weighted by Gasteiger charge is -2.29. The lowest BCUT2D eigenvalue weighted by Crippen LogP contribution is -2.25. The molecule has 0 radical (unpaired) electrons. The van der Waals surface area contributed by atoms with Gasteiger partial charge < -0.3 is 19.3 Å². The molecule has 1 N–H and O–H groups in total. The minimum atomic E-state index is -0.568. The van der Waals surface area contributed by atoms with Crippen LogP contribution < -0.4 is 0 Å². The van der Waals surface area contributed by atoms with Crippen LogP contribution in [0.15, 0.2) is 36.4 Å². The van der Waals surface area contributed by atoms with Gasteiger partial charge in [-0.15, -0.1) is 0 Å². The largest absolute Gasteiger partial charge is 0.465 e. The summed E-state index contributed by atoms with van der Waals surface area (Å²) < 4.78 is 16.8. The van der Waals surface area contributed by atoms with Gasteiger partial charge in [0.1, 0.15) is 6.10 Å². The standard InChI is InChI=1S/C28H42O6/c1-5-6-16-32-25-13-11-24(12-14-25)23-9-7-22(8-10-23)18-26(34-27(30)20(2)3)15-17-33-28(31)21(4)19-29/h7-10,21,24-26,29H,2,5-6,11-19H2,1,3-4H3. The van der Waals surface area contributed by atoms with E-state index in [9.17, 15) is 9.59 Å². The van der Waals surface area contributed by atoms with Gasteiger partial charge in [0, 0.05) is 25.0 Å². The highest BCUT2D eigenvalue weighted by Crippen LogP contribution is 2.34. The van der Waals surface area contributed by atoms with Gasteiger partial charge in [-0.3, -0.25) is 4.79 Å². The lowest BCUT2D eigenvalue weighted by atomic mass is 9.82. The Bertz CT molecular complexity index is 764. The first-order chi connectivity index (χ1) is 16.3. The van der Waals surface area contributed by atoms with Crippen LogP contribution in [0.1, 0.15) is 82.8 Å². The number of hydrogen-bond donors (Lipinski definition) is 1. The summed E-state index contributed by atoms with van der Waals surface area (Å²) in [5, 5.41) is 9.08. The van der Waals surface area contributed by atoms with E-state index in [1.807, 2.05) is 0 Å². The predicted octanol–water partition coefficient (Wildman–Crippen LogP) is 5.12. The summed E-state index contributed by atoms with van der Waals surface area (Å²) in [6, 6.07) is 8.55. The number of unbranched alkanes of at least 4 members (excludes halogenated alkanes) is 1. The zero-order valence-electron chi connectivity index (χ0n) is 21.1. The van der Waals surface area contributed by atoms with Crippen LogP contribution >= 0.6 is 0 Å². The number of aliphatic hydroxyl groups excluding tert-OH is 1. The quantitative estimate of drug-likeness (QED) is 0.229. The zero-order chi connectivity index (χ0) is 24.9. The summed E-state index contributed by atoms with van der Waals surface area (Å²) in [5.74, 6) is -0.913. The van der Waals surface area contributed by atoms with Crippen molar-refractivity contribution < 1.29 is 28.9 Å². The van der Waals surface area contributed by atoms with Crippen molar-refractivity contribution in [3.63, 3.8) is 0 Å². The highest BCUT2D eigenvalue weighted by molar-refractivity contribution is 5.87. The number of rotatable bonds is 14. The summed E-state index contributed by atoms with van der Waals surface area (Å²) in [7, 11) is 0. The Morgan fingerprint density at radius 2 is 1.79 bits per heavy atom. The molecule has 34 heavy (non-hydrogen) atoms.